The summed E-state index contributed by atoms with van der Waals surface area (Å²) < 4.78 is 0. The maximum absolute atomic E-state index is 4.25. The number of rotatable bonds is 0. The fourth-order valence-electron chi connectivity index (χ4n) is 2.35. The molecule has 11 heavy (non-hydrogen) atoms. The maximum Gasteiger partial charge on any atom is -0.0337 e. The normalized spacial score (nSPS) is 33.8. The molecule has 0 N–H and O–H groups in total. The van der Waals surface area contributed by atoms with Crippen LogP contribution in [0.2, 0.25) is 0 Å². The van der Waals surface area contributed by atoms with Crippen molar-refractivity contribution in [2.75, 3.05) is 0 Å². The zero-order chi connectivity index (χ0) is 8.48. The standard InChI is InChI=1S/C11H21/c1-9-7-5-6-8-10(9)11(2,3)4/h9-10H,1,5-8H2,2-4H3. The molecule has 1 saturated carbocycles. The lowest BCUT2D eigenvalue weighted by molar-refractivity contribution is 0.134. The molecule has 1 rings (SSSR count). The Morgan fingerprint density at radius 3 is 2.00 bits per heavy atom. The topological polar surface area (TPSA) is 0 Å². The molecule has 0 aromatic rings. The van der Waals surface area contributed by atoms with Gasteiger partial charge in [-0.1, -0.05) is 40.0 Å². The average Bonchev–Trinajstić information content (AvgIpc) is 1.86. The van der Waals surface area contributed by atoms with E-state index >= 15 is 0 Å². The number of hydrogen-bond acceptors (Lipinski definition) is 0. The Bertz CT molecular complexity index is 118. The minimum Gasteiger partial charge on any atom is -0.0599 e. The van der Waals surface area contributed by atoms with E-state index in [0.29, 0.717) is 11.3 Å². The van der Waals surface area contributed by atoms with Crippen molar-refractivity contribution in [2.24, 2.45) is 17.3 Å². The first-order valence-corrected chi connectivity index (χ1v) is 4.85. The predicted molar refractivity (Wildman–Crippen MR) is 50.3 cm³/mol. The maximum atomic E-state index is 4.25. The van der Waals surface area contributed by atoms with Crippen LogP contribution < -0.4 is 0 Å². The average molecular weight is 153 g/mol. The summed E-state index contributed by atoms with van der Waals surface area (Å²) in [7, 11) is 0. The SMILES string of the molecule is [CH2]C1CCCCC1C(C)(C)C. The Hall–Kier alpha value is 0. The largest absolute Gasteiger partial charge is 0.0599 e. The fourth-order valence-corrected chi connectivity index (χ4v) is 2.35. The van der Waals surface area contributed by atoms with Crippen LogP contribution in [0.3, 0.4) is 0 Å². The number of hydrogen-bond donors (Lipinski definition) is 0. The third-order valence-corrected chi connectivity index (χ3v) is 3.02. The van der Waals surface area contributed by atoms with Gasteiger partial charge in [0, 0.05) is 0 Å². The summed E-state index contributed by atoms with van der Waals surface area (Å²) in [4.78, 5) is 0. The van der Waals surface area contributed by atoms with Gasteiger partial charge in [-0.2, -0.15) is 0 Å². The summed E-state index contributed by atoms with van der Waals surface area (Å²) >= 11 is 0. The summed E-state index contributed by atoms with van der Waals surface area (Å²) in [5.41, 5.74) is 0.479. The van der Waals surface area contributed by atoms with Gasteiger partial charge in [-0.3, -0.25) is 0 Å². The summed E-state index contributed by atoms with van der Waals surface area (Å²) in [6.07, 6.45) is 5.58. The molecule has 0 heterocycles. The molecule has 1 radical (unpaired) electrons. The van der Waals surface area contributed by atoms with E-state index in [4.69, 9.17) is 0 Å². The molecule has 0 amide bonds. The molecule has 1 fully saturated rings. The Morgan fingerprint density at radius 2 is 1.64 bits per heavy atom. The molecule has 2 atom stereocenters. The molecule has 0 bridgehead atoms. The van der Waals surface area contributed by atoms with Gasteiger partial charge in [0.1, 0.15) is 0 Å². The zero-order valence-corrected chi connectivity index (χ0v) is 8.19. The van der Waals surface area contributed by atoms with Crippen LogP contribution >= 0.6 is 0 Å². The van der Waals surface area contributed by atoms with E-state index < -0.39 is 0 Å². The van der Waals surface area contributed by atoms with Crippen LogP contribution in [0.5, 0.6) is 0 Å². The van der Waals surface area contributed by atoms with Gasteiger partial charge in [0.05, 0.1) is 0 Å². The minimum absolute atomic E-state index is 0.479. The van der Waals surface area contributed by atoms with Crippen LogP contribution in [-0.4, -0.2) is 0 Å². The lowest BCUT2D eigenvalue weighted by atomic mass is 9.67. The molecule has 0 aromatic heterocycles. The second kappa shape index (κ2) is 3.16. The van der Waals surface area contributed by atoms with E-state index in [9.17, 15) is 0 Å². The Kier molecular flexibility index (Phi) is 2.61. The van der Waals surface area contributed by atoms with Crippen molar-refractivity contribution in [3.8, 4) is 0 Å². The lowest BCUT2D eigenvalue weighted by Gasteiger charge is -2.38. The third-order valence-electron chi connectivity index (χ3n) is 3.02. The van der Waals surface area contributed by atoms with E-state index in [1.54, 1.807) is 0 Å². The molecule has 0 aliphatic heterocycles. The van der Waals surface area contributed by atoms with Crippen molar-refractivity contribution in [1.82, 2.24) is 0 Å². The smallest absolute Gasteiger partial charge is 0.0337 e. The van der Waals surface area contributed by atoms with Gasteiger partial charge < -0.3 is 0 Å². The Morgan fingerprint density at radius 1 is 1.09 bits per heavy atom. The highest BCUT2D eigenvalue weighted by Crippen LogP contribution is 2.41. The quantitative estimate of drug-likeness (QED) is 0.498. The predicted octanol–water partition coefficient (Wildman–Crippen LogP) is 3.67. The van der Waals surface area contributed by atoms with Crippen LogP contribution in [0.4, 0.5) is 0 Å². The molecule has 0 nitrogen and oxygen atoms in total. The van der Waals surface area contributed by atoms with Gasteiger partial charge in [-0.15, -0.1) is 0 Å². The third kappa shape index (κ3) is 2.21. The van der Waals surface area contributed by atoms with Gasteiger partial charge in [-0.05, 0) is 30.6 Å². The summed E-state index contributed by atoms with van der Waals surface area (Å²) in [5.74, 6) is 1.57. The van der Waals surface area contributed by atoms with E-state index in [-0.39, 0.29) is 0 Å². The first-order chi connectivity index (χ1) is 5.02. The van der Waals surface area contributed by atoms with E-state index in [0.717, 1.165) is 5.92 Å². The van der Waals surface area contributed by atoms with E-state index in [2.05, 4.69) is 27.7 Å². The highest BCUT2D eigenvalue weighted by Gasteiger charge is 2.31. The second-order valence-electron chi connectivity index (χ2n) is 5.02. The fraction of sp³-hybridized carbons (Fsp3) is 0.909. The minimum atomic E-state index is 0.479. The highest BCUT2D eigenvalue weighted by atomic mass is 14.4. The molecular weight excluding hydrogens is 132 g/mol. The Balaban J connectivity index is 2.55. The zero-order valence-electron chi connectivity index (χ0n) is 8.19. The van der Waals surface area contributed by atoms with E-state index in [1.807, 2.05) is 0 Å². The summed E-state index contributed by atoms with van der Waals surface area (Å²) in [6.45, 7) is 11.3. The van der Waals surface area contributed by atoms with Gasteiger partial charge in [0.15, 0.2) is 0 Å². The molecule has 0 saturated heterocycles. The second-order valence-corrected chi connectivity index (χ2v) is 5.02. The van der Waals surface area contributed by atoms with Crippen LogP contribution in [0, 0.1) is 24.2 Å². The van der Waals surface area contributed by atoms with Crippen LogP contribution in [0.1, 0.15) is 46.5 Å². The van der Waals surface area contributed by atoms with Crippen LogP contribution in [-0.2, 0) is 0 Å². The van der Waals surface area contributed by atoms with Crippen molar-refractivity contribution in [1.29, 1.82) is 0 Å². The van der Waals surface area contributed by atoms with Crippen molar-refractivity contribution >= 4 is 0 Å². The van der Waals surface area contributed by atoms with Crippen molar-refractivity contribution < 1.29 is 0 Å². The van der Waals surface area contributed by atoms with Gasteiger partial charge >= 0.3 is 0 Å². The van der Waals surface area contributed by atoms with Gasteiger partial charge in [-0.25, -0.2) is 0 Å². The van der Waals surface area contributed by atoms with Crippen molar-refractivity contribution in [3.05, 3.63) is 6.92 Å². The highest BCUT2D eigenvalue weighted by molar-refractivity contribution is 4.84. The molecule has 0 spiro atoms. The van der Waals surface area contributed by atoms with Gasteiger partial charge in [0.2, 0.25) is 0 Å². The van der Waals surface area contributed by atoms with E-state index in [1.165, 1.54) is 25.7 Å². The monoisotopic (exact) mass is 153 g/mol. The molecule has 0 aromatic carbocycles. The molecule has 2 unspecified atom stereocenters. The van der Waals surface area contributed by atoms with Crippen molar-refractivity contribution in [2.45, 2.75) is 46.5 Å². The first kappa shape index (κ1) is 9.09. The first-order valence-electron chi connectivity index (χ1n) is 4.85. The molecule has 1 aliphatic carbocycles. The van der Waals surface area contributed by atoms with Crippen LogP contribution in [0.25, 0.3) is 0 Å². The molecular formula is C11H21. The summed E-state index contributed by atoms with van der Waals surface area (Å²) in [6, 6.07) is 0. The lowest BCUT2D eigenvalue weighted by Crippen LogP contribution is -2.29. The van der Waals surface area contributed by atoms with Crippen molar-refractivity contribution in [3.63, 3.8) is 0 Å². The Labute approximate surface area is 71.4 Å². The van der Waals surface area contributed by atoms with Gasteiger partial charge in [0.25, 0.3) is 0 Å². The molecule has 0 heteroatoms. The van der Waals surface area contributed by atoms with Crippen LogP contribution in [0.15, 0.2) is 0 Å². The molecule has 1 aliphatic rings. The summed E-state index contributed by atoms with van der Waals surface area (Å²) in [5, 5.41) is 0. The molecule has 65 valence electrons.